The van der Waals surface area contributed by atoms with Crippen LogP contribution in [0.3, 0.4) is 0 Å². The molecule has 3 heterocycles. The zero-order valence-electron chi connectivity index (χ0n) is 18.4. The molecule has 2 aromatic heterocycles. The van der Waals surface area contributed by atoms with Gasteiger partial charge in [0.25, 0.3) is 0 Å². The van der Waals surface area contributed by atoms with Crippen molar-refractivity contribution in [3.63, 3.8) is 0 Å². The molecule has 1 aliphatic heterocycles. The fourth-order valence-electron chi connectivity index (χ4n) is 4.14. The van der Waals surface area contributed by atoms with Crippen molar-refractivity contribution < 1.29 is 9.53 Å². The molecule has 1 aromatic carbocycles. The molecule has 3 aromatic rings. The van der Waals surface area contributed by atoms with E-state index in [4.69, 9.17) is 4.74 Å². The Labute approximate surface area is 187 Å². The quantitative estimate of drug-likeness (QED) is 0.610. The lowest BCUT2D eigenvalue weighted by Gasteiger charge is -2.23. The molecule has 1 atom stereocenters. The summed E-state index contributed by atoms with van der Waals surface area (Å²) in [5, 5.41) is 11.8. The molecule has 1 N–H and O–H groups in total. The Morgan fingerprint density at radius 3 is 2.87 bits per heavy atom. The van der Waals surface area contributed by atoms with Crippen molar-refractivity contribution in [3.05, 3.63) is 69.2 Å². The minimum atomic E-state index is 0.00197. The standard InChI is InChI=1S/C24H30N4O2S/c1-17-21(18(2)27(3)26-17)8-9-24(29)25-11-12-28-14-19-6-4-5-7-22(19)30-23(15-28)20-10-13-31-16-20/h4-7,10,13,16,23H,8-9,11-12,14-15H2,1-3H3,(H,25,29)/t23-/m0/s1. The SMILES string of the molecule is Cc1nn(C)c(C)c1CCC(=O)NCCN1Cc2ccccc2O[C@H](c2ccsc2)C1. The lowest BCUT2D eigenvalue weighted by atomic mass is 10.1. The highest BCUT2D eigenvalue weighted by atomic mass is 32.1. The number of carbonyl (C=O) groups excluding carboxylic acids is 1. The van der Waals surface area contributed by atoms with Gasteiger partial charge in [-0.05, 0) is 48.7 Å². The van der Waals surface area contributed by atoms with Crippen molar-refractivity contribution in [1.29, 1.82) is 0 Å². The number of amides is 1. The third-order valence-electron chi connectivity index (χ3n) is 5.99. The number of hydrogen-bond donors (Lipinski definition) is 1. The van der Waals surface area contributed by atoms with Crippen molar-refractivity contribution in [1.82, 2.24) is 20.0 Å². The van der Waals surface area contributed by atoms with E-state index in [1.54, 1.807) is 11.3 Å². The summed E-state index contributed by atoms with van der Waals surface area (Å²) >= 11 is 1.69. The molecule has 0 fully saturated rings. The maximum absolute atomic E-state index is 12.4. The van der Waals surface area contributed by atoms with Crippen LogP contribution in [0.5, 0.6) is 5.75 Å². The summed E-state index contributed by atoms with van der Waals surface area (Å²) < 4.78 is 8.22. The molecule has 0 aliphatic carbocycles. The second-order valence-electron chi connectivity index (χ2n) is 8.13. The van der Waals surface area contributed by atoms with E-state index in [2.05, 4.69) is 51.2 Å². The number of thiophene rings is 1. The number of benzene rings is 1. The Bertz CT molecular complexity index is 1030. The average molecular weight is 439 g/mol. The third-order valence-corrected chi connectivity index (χ3v) is 6.69. The number of rotatable bonds is 7. The van der Waals surface area contributed by atoms with Crippen molar-refractivity contribution >= 4 is 17.2 Å². The van der Waals surface area contributed by atoms with Gasteiger partial charge in [0.15, 0.2) is 0 Å². The van der Waals surface area contributed by atoms with Gasteiger partial charge in [-0.3, -0.25) is 14.4 Å². The molecule has 0 radical (unpaired) electrons. The van der Waals surface area contributed by atoms with E-state index in [-0.39, 0.29) is 12.0 Å². The van der Waals surface area contributed by atoms with Crippen molar-refractivity contribution in [2.24, 2.45) is 7.05 Å². The summed E-state index contributed by atoms with van der Waals surface area (Å²) in [6.45, 7) is 7.09. The third kappa shape index (κ3) is 5.17. The van der Waals surface area contributed by atoms with Crippen molar-refractivity contribution in [2.75, 3.05) is 19.6 Å². The molecule has 0 saturated carbocycles. The van der Waals surface area contributed by atoms with Crippen LogP contribution in [-0.2, 0) is 24.8 Å². The van der Waals surface area contributed by atoms with Crippen LogP contribution in [0.15, 0.2) is 41.1 Å². The number of carbonyl (C=O) groups is 1. The number of aromatic nitrogens is 2. The first kappa shape index (κ1) is 21.6. The van der Waals surface area contributed by atoms with Crippen molar-refractivity contribution in [3.8, 4) is 5.75 Å². The van der Waals surface area contributed by atoms with Crippen LogP contribution in [0.25, 0.3) is 0 Å². The van der Waals surface area contributed by atoms with E-state index in [0.717, 1.165) is 43.2 Å². The molecular formula is C24H30N4O2S. The fraction of sp³-hybridized carbons (Fsp3) is 0.417. The normalized spacial score (nSPS) is 16.4. The Kier molecular flexibility index (Phi) is 6.73. The van der Waals surface area contributed by atoms with Gasteiger partial charge in [-0.1, -0.05) is 18.2 Å². The van der Waals surface area contributed by atoms with Gasteiger partial charge in [0.05, 0.1) is 5.69 Å². The Balaban J connectivity index is 1.32. The zero-order chi connectivity index (χ0) is 21.8. The van der Waals surface area contributed by atoms with Gasteiger partial charge < -0.3 is 10.1 Å². The van der Waals surface area contributed by atoms with Crippen LogP contribution in [0, 0.1) is 13.8 Å². The largest absolute Gasteiger partial charge is 0.484 e. The molecule has 31 heavy (non-hydrogen) atoms. The number of para-hydroxylation sites is 1. The second kappa shape index (κ2) is 9.66. The first-order chi connectivity index (χ1) is 15.0. The predicted molar refractivity (Wildman–Crippen MR) is 123 cm³/mol. The van der Waals surface area contributed by atoms with Gasteiger partial charge in [-0.25, -0.2) is 0 Å². The molecule has 1 aliphatic rings. The fourth-order valence-corrected chi connectivity index (χ4v) is 4.84. The van der Waals surface area contributed by atoms with E-state index in [1.165, 1.54) is 16.7 Å². The smallest absolute Gasteiger partial charge is 0.220 e. The minimum Gasteiger partial charge on any atom is -0.484 e. The van der Waals surface area contributed by atoms with E-state index < -0.39 is 0 Å². The summed E-state index contributed by atoms with van der Waals surface area (Å²) in [7, 11) is 1.94. The van der Waals surface area contributed by atoms with Gasteiger partial charge in [0.2, 0.25) is 5.91 Å². The van der Waals surface area contributed by atoms with Crippen LogP contribution in [0.4, 0.5) is 0 Å². The van der Waals surface area contributed by atoms with Crippen LogP contribution in [0.1, 0.15) is 40.6 Å². The molecule has 4 rings (SSSR count). The molecule has 7 heteroatoms. The van der Waals surface area contributed by atoms with Gasteiger partial charge in [-0.2, -0.15) is 16.4 Å². The first-order valence-electron chi connectivity index (χ1n) is 10.8. The van der Waals surface area contributed by atoms with E-state index >= 15 is 0 Å². The Morgan fingerprint density at radius 2 is 2.13 bits per heavy atom. The summed E-state index contributed by atoms with van der Waals surface area (Å²) in [5.41, 5.74) is 5.72. The van der Waals surface area contributed by atoms with Gasteiger partial charge in [-0.15, -0.1) is 0 Å². The number of nitrogens with one attached hydrogen (secondary N) is 1. The molecule has 0 bridgehead atoms. The summed E-state index contributed by atoms with van der Waals surface area (Å²) in [6.07, 6.45) is 1.21. The van der Waals surface area contributed by atoms with E-state index in [9.17, 15) is 4.79 Å². The predicted octanol–water partition coefficient (Wildman–Crippen LogP) is 3.78. The lowest BCUT2D eigenvalue weighted by Crippen LogP contribution is -2.36. The molecule has 1 amide bonds. The maximum Gasteiger partial charge on any atom is 0.220 e. The van der Waals surface area contributed by atoms with Gasteiger partial charge in [0, 0.05) is 56.5 Å². The molecular weight excluding hydrogens is 408 g/mol. The van der Waals surface area contributed by atoms with E-state index in [1.807, 2.05) is 30.8 Å². The Morgan fingerprint density at radius 1 is 1.29 bits per heavy atom. The molecule has 0 spiro atoms. The molecule has 164 valence electrons. The minimum absolute atomic E-state index is 0.00197. The first-order valence-corrected chi connectivity index (χ1v) is 11.7. The lowest BCUT2D eigenvalue weighted by molar-refractivity contribution is -0.121. The summed E-state index contributed by atoms with van der Waals surface area (Å²) in [5.74, 6) is 1.04. The second-order valence-corrected chi connectivity index (χ2v) is 8.91. The molecule has 0 unspecified atom stereocenters. The average Bonchev–Trinajstić information content (AvgIpc) is 3.31. The van der Waals surface area contributed by atoms with Gasteiger partial charge >= 0.3 is 0 Å². The highest BCUT2D eigenvalue weighted by Gasteiger charge is 2.24. The Hall–Kier alpha value is -2.64. The monoisotopic (exact) mass is 438 g/mol. The number of ether oxygens (including phenoxy) is 1. The van der Waals surface area contributed by atoms with Crippen LogP contribution < -0.4 is 10.1 Å². The van der Waals surface area contributed by atoms with Crippen LogP contribution in [0.2, 0.25) is 0 Å². The zero-order valence-corrected chi connectivity index (χ0v) is 19.2. The van der Waals surface area contributed by atoms with Crippen LogP contribution >= 0.6 is 11.3 Å². The highest BCUT2D eigenvalue weighted by molar-refractivity contribution is 7.07. The number of nitrogens with zero attached hydrogens (tertiary/aromatic N) is 3. The summed E-state index contributed by atoms with van der Waals surface area (Å²) in [4.78, 5) is 14.8. The van der Waals surface area contributed by atoms with Crippen molar-refractivity contribution in [2.45, 2.75) is 39.3 Å². The van der Waals surface area contributed by atoms with E-state index in [0.29, 0.717) is 13.0 Å². The summed E-state index contributed by atoms with van der Waals surface area (Å²) in [6, 6.07) is 10.4. The molecule has 6 nitrogen and oxygen atoms in total. The number of aryl methyl sites for hydroxylation is 2. The number of fused-ring (bicyclic) bond motifs is 1. The number of hydrogen-bond acceptors (Lipinski definition) is 5. The van der Waals surface area contributed by atoms with Crippen LogP contribution in [-0.4, -0.2) is 40.2 Å². The maximum atomic E-state index is 12.4. The highest BCUT2D eigenvalue weighted by Crippen LogP contribution is 2.31. The molecule has 0 saturated heterocycles. The van der Waals surface area contributed by atoms with Gasteiger partial charge in [0.1, 0.15) is 11.9 Å². The topological polar surface area (TPSA) is 59.4 Å².